The Morgan fingerprint density at radius 2 is 1.53 bits per heavy atom. The molecule has 3 aromatic carbocycles. The number of hydrogen-bond donors (Lipinski definition) is 1. The molecule has 0 saturated carbocycles. The van der Waals surface area contributed by atoms with Gasteiger partial charge in [0.2, 0.25) is 0 Å². The highest BCUT2D eigenvalue weighted by Gasteiger charge is 2.35. The number of carbonyl (C=O) groups is 3. The lowest BCUT2D eigenvalue weighted by atomic mass is 10.1. The highest BCUT2D eigenvalue weighted by molar-refractivity contribution is 6.30. The third kappa shape index (κ3) is 4.89. The van der Waals surface area contributed by atoms with Crippen LogP contribution in [0.2, 0.25) is 0 Å². The summed E-state index contributed by atoms with van der Waals surface area (Å²) in [7, 11) is 0. The Morgan fingerprint density at radius 3 is 2.22 bits per heavy atom. The van der Waals surface area contributed by atoms with Crippen LogP contribution in [0.3, 0.4) is 0 Å². The maximum absolute atomic E-state index is 13.1. The molecule has 1 heterocycles. The number of amides is 4. The molecular formula is C25H19FN2O4. The van der Waals surface area contributed by atoms with Crippen molar-refractivity contribution in [1.29, 1.82) is 0 Å². The number of carbonyl (C=O) groups excluding carboxylic acids is 3. The average molecular weight is 430 g/mol. The van der Waals surface area contributed by atoms with Crippen LogP contribution in [0.1, 0.15) is 16.7 Å². The highest BCUT2D eigenvalue weighted by atomic mass is 19.1. The molecule has 3 aromatic rings. The molecular weight excluding hydrogens is 411 g/mol. The number of halogens is 1. The number of hydrogen-bond acceptors (Lipinski definition) is 4. The van der Waals surface area contributed by atoms with E-state index in [1.54, 1.807) is 24.3 Å². The summed E-state index contributed by atoms with van der Waals surface area (Å²) >= 11 is 0. The minimum atomic E-state index is -0.814. The van der Waals surface area contributed by atoms with Gasteiger partial charge in [0.15, 0.2) is 0 Å². The second-order valence-electron chi connectivity index (χ2n) is 7.18. The summed E-state index contributed by atoms with van der Waals surface area (Å²) in [4.78, 5) is 38.2. The normalized spacial score (nSPS) is 15.1. The molecule has 0 unspecified atom stereocenters. The molecule has 0 atom stereocenters. The van der Waals surface area contributed by atoms with Crippen LogP contribution in [0, 0.1) is 5.82 Å². The maximum atomic E-state index is 13.1. The first kappa shape index (κ1) is 21.0. The molecule has 7 heteroatoms. The van der Waals surface area contributed by atoms with Crippen molar-refractivity contribution in [3.05, 3.63) is 107 Å². The van der Waals surface area contributed by atoms with Crippen LogP contribution < -0.4 is 10.1 Å². The Labute approximate surface area is 183 Å². The standard InChI is InChI=1S/C25H19FN2O4/c26-20-10-6-18(7-11-20)15-28-24(30)22(23(29)27-25(28)31)14-17-8-12-21(13-9-17)32-16-19-4-2-1-3-5-19/h1-14H,15-16H2,(H,27,29,31)/b22-14+. The van der Waals surface area contributed by atoms with Crippen molar-refractivity contribution >= 4 is 23.9 Å². The zero-order chi connectivity index (χ0) is 22.5. The third-order valence-corrected chi connectivity index (χ3v) is 4.88. The van der Waals surface area contributed by atoms with Gasteiger partial charge in [-0.05, 0) is 47.0 Å². The molecule has 1 fully saturated rings. The summed E-state index contributed by atoms with van der Waals surface area (Å²) in [5, 5.41) is 2.17. The molecule has 1 aliphatic rings. The minimum Gasteiger partial charge on any atom is -0.489 e. The molecule has 0 spiro atoms. The SMILES string of the molecule is O=C1NC(=O)N(Cc2ccc(F)cc2)C(=O)/C1=C/c1ccc(OCc2ccccc2)cc1. The van der Waals surface area contributed by atoms with Gasteiger partial charge < -0.3 is 4.74 Å². The number of urea groups is 1. The zero-order valence-electron chi connectivity index (χ0n) is 17.0. The van der Waals surface area contributed by atoms with E-state index in [0.717, 1.165) is 10.5 Å². The number of barbiturate groups is 1. The Bertz CT molecular complexity index is 1170. The summed E-state index contributed by atoms with van der Waals surface area (Å²) in [5.41, 5.74) is 2.04. The van der Waals surface area contributed by atoms with Gasteiger partial charge in [0.25, 0.3) is 11.8 Å². The topological polar surface area (TPSA) is 75.7 Å². The van der Waals surface area contributed by atoms with Gasteiger partial charge in [-0.2, -0.15) is 0 Å². The van der Waals surface area contributed by atoms with Gasteiger partial charge in [0.05, 0.1) is 6.54 Å². The van der Waals surface area contributed by atoms with Gasteiger partial charge >= 0.3 is 6.03 Å². The first-order valence-corrected chi connectivity index (χ1v) is 9.90. The van der Waals surface area contributed by atoms with E-state index in [4.69, 9.17) is 4.74 Å². The van der Waals surface area contributed by atoms with Crippen LogP contribution in [-0.2, 0) is 22.7 Å². The zero-order valence-corrected chi connectivity index (χ0v) is 17.0. The Morgan fingerprint density at radius 1 is 0.844 bits per heavy atom. The average Bonchev–Trinajstić information content (AvgIpc) is 2.81. The van der Waals surface area contributed by atoms with Gasteiger partial charge in [-0.3, -0.25) is 19.8 Å². The van der Waals surface area contributed by atoms with E-state index in [2.05, 4.69) is 5.32 Å². The number of rotatable bonds is 6. The van der Waals surface area contributed by atoms with Crippen molar-refractivity contribution in [3.63, 3.8) is 0 Å². The minimum absolute atomic E-state index is 0.0815. The largest absolute Gasteiger partial charge is 0.489 e. The molecule has 0 radical (unpaired) electrons. The Hall–Kier alpha value is -4.26. The van der Waals surface area contributed by atoms with E-state index < -0.39 is 23.7 Å². The molecule has 32 heavy (non-hydrogen) atoms. The predicted molar refractivity (Wildman–Crippen MR) is 116 cm³/mol. The summed E-state index contributed by atoms with van der Waals surface area (Å²) in [5.74, 6) is -1.26. The monoisotopic (exact) mass is 430 g/mol. The van der Waals surface area contributed by atoms with Gasteiger partial charge in [0.1, 0.15) is 23.7 Å². The molecule has 160 valence electrons. The first-order chi connectivity index (χ1) is 15.5. The van der Waals surface area contributed by atoms with E-state index in [-0.39, 0.29) is 12.1 Å². The number of benzene rings is 3. The van der Waals surface area contributed by atoms with E-state index in [1.165, 1.54) is 30.3 Å². The van der Waals surface area contributed by atoms with E-state index in [1.807, 2.05) is 30.3 Å². The van der Waals surface area contributed by atoms with Crippen molar-refractivity contribution in [1.82, 2.24) is 10.2 Å². The fraction of sp³-hybridized carbons (Fsp3) is 0.0800. The van der Waals surface area contributed by atoms with Crippen LogP contribution in [0.25, 0.3) is 6.08 Å². The fourth-order valence-corrected chi connectivity index (χ4v) is 3.18. The second kappa shape index (κ2) is 9.26. The van der Waals surface area contributed by atoms with Crippen molar-refractivity contribution < 1.29 is 23.5 Å². The van der Waals surface area contributed by atoms with E-state index in [0.29, 0.717) is 23.5 Å². The van der Waals surface area contributed by atoms with Gasteiger partial charge in [0, 0.05) is 0 Å². The van der Waals surface area contributed by atoms with Gasteiger partial charge in [-0.15, -0.1) is 0 Å². The third-order valence-electron chi connectivity index (χ3n) is 4.88. The maximum Gasteiger partial charge on any atom is 0.331 e. The summed E-state index contributed by atoms with van der Waals surface area (Å²) in [6, 6.07) is 21.3. The predicted octanol–water partition coefficient (Wildman–Crippen LogP) is 4.07. The fourth-order valence-electron chi connectivity index (χ4n) is 3.18. The van der Waals surface area contributed by atoms with Crippen LogP contribution >= 0.6 is 0 Å². The van der Waals surface area contributed by atoms with E-state index >= 15 is 0 Å². The number of ether oxygens (including phenoxy) is 1. The lowest BCUT2D eigenvalue weighted by Gasteiger charge is -2.26. The van der Waals surface area contributed by atoms with Crippen molar-refractivity contribution in [2.45, 2.75) is 13.2 Å². The first-order valence-electron chi connectivity index (χ1n) is 9.90. The molecule has 4 amide bonds. The molecule has 6 nitrogen and oxygen atoms in total. The highest BCUT2D eigenvalue weighted by Crippen LogP contribution is 2.20. The molecule has 0 aliphatic carbocycles. The van der Waals surface area contributed by atoms with Crippen LogP contribution in [0.5, 0.6) is 5.75 Å². The second-order valence-corrected chi connectivity index (χ2v) is 7.18. The van der Waals surface area contributed by atoms with Gasteiger partial charge in [-0.1, -0.05) is 54.6 Å². The smallest absolute Gasteiger partial charge is 0.331 e. The Kier molecular flexibility index (Phi) is 6.07. The lowest BCUT2D eigenvalue weighted by Crippen LogP contribution is -2.53. The number of nitrogens with zero attached hydrogens (tertiary/aromatic N) is 1. The molecule has 4 rings (SSSR count). The molecule has 1 N–H and O–H groups in total. The number of imide groups is 2. The molecule has 0 aromatic heterocycles. The molecule has 1 saturated heterocycles. The molecule has 0 bridgehead atoms. The summed E-state index contributed by atoms with van der Waals surface area (Å²) in [6.45, 7) is 0.338. The van der Waals surface area contributed by atoms with E-state index in [9.17, 15) is 18.8 Å². The summed E-state index contributed by atoms with van der Waals surface area (Å²) < 4.78 is 18.9. The van der Waals surface area contributed by atoms with Gasteiger partial charge in [-0.25, -0.2) is 9.18 Å². The van der Waals surface area contributed by atoms with Crippen LogP contribution in [-0.4, -0.2) is 22.7 Å². The van der Waals surface area contributed by atoms with Crippen molar-refractivity contribution in [2.24, 2.45) is 0 Å². The lowest BCUT2D eigenvalue weighted by molar-refractivity contribution is -0.130. The molecule has 1 aliphatic heterocycles. The van der Waals surface area contributed by atoms with Crippen molar-refractivity contribution in [2.75, 3.05) is 0 Å². The number of nitrogens with one attached hydrogen (secondary N) is 1. The Balaban J connectivity index is 1.47. The van der Waals surface area contributed by atoms with Crippen LogP contribution in [0.4, 0.5) is 9.18 Å². The van der Waals surface area contributed by atoms with Crippen molar-refractivity contribution in [3.8, 4) is 5.75 Å². The quantitative estimate of drug-likeness (QED) is 0.473. The van der Waals surface area contributed by atoms with Crippen LogP contribution in [0.15, 0.2) is 84.4 Å². The summed E-state index contributed by atoms with van der Waals surface area (Å²) in [6.07, 6.45) is 1.42.